The highest BCUT2D eigenvalue weighted by Gasteiger charge is 2.17. The fraction of sp³-hybridized carbons (Fsp3) is 0.111. The number of fused-ring (bicyclic) bond motifs is 1. The van der Waals surface area contributed by atoms with Crippen LogP contribution in [0.2, 0.25) is 0 Å². The van der Waals surface area contributed by atoms with Crippen molar-refractivity contribution >= 4 is 5.91 Å². The van der Waals surface area contributed by atoms with Crippen LogP contribution in [0.5, 0.6) is 11.5 Å². The minimum Gasteiger partial charge on any atom is -0.454 e. The summed E-state index contributed by atoms with van der Waals surface area (Å²) in [6.45, 7) is 0.479. The van der Waals surface area contributed by atoms with Gasteiger partial charge in [-0.2, -0.15) is 0 Å². The Morgan fingerprint density at radius 3 is 2.84 bits per heavy atom. The lowest BCUT2D eigenvalue weighted by Crippen LogP contribution is -2.22. The largest absolute Gasteiger partial charge is 0.454 e. The fourth-order valence-electron chi connectivity index (χ4n) is 2.50. The number of hydrogen-bond donors (Lipinski definition) is 1. The molecule has 1 N–H and O–H groups in total. The van der Waals surface area contributed by atoms with Gasteiger partial charge in [-0.05, 0) is 29.8 Å². The lowest BCUT2D eigenvalue weighted by Gasteiger charge is -2.04. The van der Waals surface area contributed by atoms with Crippen LogP contribution < -0.4 is 14.8 Å². The molecule has 1 aliphatic heterocycles. The van der Waals surface area contributed by atoms with Gasteiger partial charge in [-0.25, -0.2) is 4.39 Å². The Morgan fingerprint density at radius 2 is 1.96 bits per heavy atom. The van der Waals surface area contributed by atoms with Crippen LogP contribution >= 0.6 is 0 Å². The van der Waals surface area contributed by atoms with Crippen molar-refractivity contribution in [3.8, 4) is 22.8 Å². The lowest BCUT2D eigenvalue weighted by atomic mass is 10.1. The van der Waals surface area contributed by atoms with E-state index in [9.17, 15) is 9.18 Å². The van der Waals surface area contributed by atoms with E-state index in [1.165, 1.54) is 12.1 Å². The van der Waals surface area contributed by atoms with E-state index in [1.54, 1.807) is 30.3 Å². The number of ether oxygens (including phenoxy) is 2. The van der Waals surface area contributed by atoms with Gasteiger partial charge in [0, 0.05) is 18.2 Å². The molecule has 0 aliphatic carbocycles. The topological polar surface area (TPSA) is 73.6 Å². The molecule has 4 rings (SSSR count). The summed E-state index contributed by atoms with van der Waals surface area (Å²) < 4.78 is 29.3. The molecule has 0 atom stereocenters. The van der Waals surface area contributed by atoms with Crippen molar-refractivity contribution in [3.05, 3.63) is 65.7 Å². The van der Waals surface area contributed by atoms with Crippen molar-refractivity contribution in [2.75, 3.05) is 6.79 Å². The molecule has 126 valence electrons. The van der Waals surface area contributed by atoms with Crippen molar-refractivity contribution in [2.45, 2.75) is 6.54 Å². The number of rotatable bonds is 4. The SMILES string of the molecule is O=C(NCc1ccc2c(c1)OCO2)c1cc(-c2ccccc2F)no1. The molecule has 0 radical (unpaired) electrons. The third-order valence-corrected chi connectivity index (χ3v) is 3.77. The summed E-state index contributed by atoms with van der Waals surface area (Å²) in [5.41, 5.74) is 1.40. The summed E-state index contributed by atoms with van der Waals surface area (Å²) in [7, 11) is 0. The van der Waals surface area contributed by atoms with Gasteiger partial charge in [0.15, 0.2) is 11.5 Å². The Hall–Kier alpha value is -3.35. The number of carbonyl (C=O) groups excluding carboxylic acids is 1. The van der Waals surface area contributed by atoms with Gasteiger partial charge in [0.25, 0.3) is 5.91 Å². The van der Waals surface area contributed by atoms with E-state index in [0.717, 1.165) is 5.56 Å². The second-order valence-corrected chi connectivity index (χ2v) is 5.43. The maximum Gasteiger partial charge on any atom is 0.290 e. The molecular formula is C18H13FN2O4. The average molecular weight is 340 g/mol. The van der Waals surface area contributed by atoms with Gasteiger partial charge in [-0.3, -0.25) is 4.79 Å². The highest BCUT2D eigenvalue weighted by atomic mass is 19.1. The summed E-state index contributed by atoms with van der Waals surface area (Å²) in [6.07, 6.45) is 0. The number of halogens is 1. The van der Waals surface area contributed by atoms with Gasteiger partial charge in [0.2, 0.25) is 12.6 Å². The van der Waals surface area contributed by atoms with Crippen molar-refractivity contribution in [2.24, 2.45) is 0 Å². The Balaban J connectivity index is 1.44. The smallest absolute Gasteiger partial charge is 0.290 e. The molecule has 0 saturated carbocycles. The van der Waals surface area contributed by atoms with E-state index in [-0.39, 0.29) is 30.4 Å². The molecule has 0 fully saturated rings. The second-order valence-electron chi connectivity index (χ2n) is 5.43. The number of benzene rings is 2. The van der Waals surface area contributed by atoms with Gasteiger partial charge in [-0.1, -0.05) is 23.4 Å². The van der Waals surface area contributed by atoms with Gasteiger partial charge in [-0.15, -0.1) is 0 Å². The predicted octanol–water partition coefficient (Wildman–Crippen LogP) is 3.14. The fourth-order valence-corrected chi connectivity index (χ4v) is 2.50. The van der Waals surface area contributed by atoms with Gasteiger partial charge < -0.3 is 19.3 Å². The Labute approximate surface area is 142 Å². The first-order chi connectivity index (χ1) is 12.2. The average Bonchev–Trinajstić information content (AvgIpc) is 3.29. The van der Waals surface area contributed by atoms with Crippen LogP contribution in [0.1, 0.15) is 16.1 Å². The molecule has 2 aromatic carbocycles. The predicted molar refractivity (Wildman–Crippen MR) is 85.6 cm³/mol. The number of carbonyl (C=O) groups is 1. The molecule has 25 heavy (non-hydrogen) atoms. The van der Waals surface area contributed by atoms with E-state index >= 15 is 0 Å². The highest BCUT2D eigenvalue weighted by Crippen LogP contribution is 2.32. The van der Waals surface area contributed by atoms with Crippen LogP contribution in [0.4, 0.5) is 4.39 Å². The van der Waals surface area contributed by atoms with Crippen molar-refractivity contribution in [1.29, 1.82) is 0 Å². The van der Waals surface area contributed by atoms with Gasteiger partial charge in [0.05, 0.1) is 0 Å². The van der Waals surface area contributed by atoms with Crippen LogP contribution in [-0.2, 0) is 6.54 Å². The van der Waals surface area contributed by atoms with E-state index in [1.807, 2.05) is 6.07 Å². The first-order valence-electron chi connectivity index (χ1n) is 7.59. The molecule has 0 saturated heterocycles. The first-order valence-corrected chi connectivity index (χ1v) is 7.59. The van der Waals surface area contributed by atoms with Crippen LogP contribution in [0.3, 0.4) is 0 Å². The molecule has 6 nitrogen and oxygen atoms in total. The standard InChI is InChI=1S/C18H13FN2O4/c19-13-4-2-1-3-12(13)14-8-17(25-21-14)18(22)20-9-11-5-6-15-16(7-11)24-10-23-15/h1-8H,9-10H2,(H,20,22). The zero-order chi connectivity index (χ0) is 17.2. The molecule has 2 heterocycles. The molecule has 0 bridgehead atoms. The highest BCUT2D eigenvalue weighted by molar-refractivity contribution is 5.92. The van der Waals surface area contributed by atoms with Crippen molar-refractivity contribution in [1.82, 2.24) is 10.5 Å². The third kappa shape index (κ3) is 3.03. The van der Waals surface area contributed by atoms with E-state index in [4.69, 9.17) is 14.0 Å². The third-order valence-electron chi connectivity index (χ3n) is 3.77. The molecule has 1 amide bonds. The molecule has 0 unspecified atom stereocenters. The Kier molecular flexibility index (Phi) is 3.81. The van der Waals surface area contributed by atoms with Crippen LogP contribution in [0.15, 0.2) is 53.1 Å². The van der Waals surface area contributed by atoms with E-state index in [0.29, 0.717) is 11.5 Å². The summed E-state index contributed by atoms with van der Waals surface area (Å²) >= 11 is 0. The number of aromatic nitrogens is 1. The van der Waals surface area contributed by atoms with E-state index < -0.39 is 11.7 Å². The number of nitrogens with one attached hydrogen (secondary N) is 1. The summed E-state index contributed by atoms with van der Waals surface area (Å²) in [4.78, 5) is 12.2. The Morgan fingerprint density at radius 1 is 1.12 bits per heavy atom. The summed E-state index contributed by atoms with van der Waals surface area (Å²) in [5, 5.41) is 6.48. The van der Waals surface area contributed by atoms with Crippen molar-refractivity contribution in [3.63, 3.8) is 0 Å². The summed E-state index contributed by atoms with van der Waals surface area (Å²) in [5.74, 6) is 0.475. The normalized spacial score (nSPS) is 12.2. The Bertz CT molecular complexity index is 938. The minimum absolute atomic E-state index is 0.0130. The molecule has 3 aromatic rings. The molecule has 1 aromatic heterocycles. The van der Waals surface area contributed by atoms with Crippen molar-refractivity contribution < 1.29 is 23.2 Å². The second kappa shape index (κ2) is 6.27. The summed E-state index contributed by atoms with van der Waals surface area (Å²) in [6, 6.07) is 13.0. The zero-order valence-electron chi connectivity index (χ0n) is 13.0. The lowest BCUT2D eigenvalue weighted by molar-refractivity contribution is 0.0914. The number of amides is 1. The molecular weight excluding hydrogens is 327 g/mol. The van der Waals surface area contributed by atoms with E-state index in [2.05, 4.69) is 10.5 Å². The monoisotopic (exact) mass is 340 g/mol. The zero-order valence-corrected chi connectivity index (χ0v) is 13.0. The minimum atomic E-state index is -0.437. The number of nitrogens with zero attached hydrogens (tertiary/aromatic N) is 1. The number of hydrogen-bond acceptors (Lipinski definition) is 5. The quantitative estimate of drug-likeness (QED) is 0.790. The van der Waals surface area contributed by atoms with Crippen LogP contribution in [0, 0.1) is 5.82 Å². The first kappa shape index (κ1) is 15.2. The van der Waals surface area contributed by atoms with Gasteiger partial charge in [0.1, 0.15) is 11.5 Å². The molecule has 1 aliphatic rings. The van der Waals surface area contributed by atoms with Gasteiger partial charge >= 0.3 is 0 Å². The van der Waals surface area contributed by atoms with Crippen LogP contribution in [0.25, 0.3) is 11.3 Å². The maximum atomic E-state index is 13.8. The van der Waals surface area contributed by atoms with Crippen LogP contribution in [-0.4, -0.2) is 17.9 Å². The molecule has 7 heteroatoms. The molecule has 0 spiro atoms. The maximum absolute atomic E-state index is 13.8.